The summed E-state index contributed by atoms with van der Waals surface area (Å²) in [6.45, 7) is 4.72. The Morgan fingerprint density at radius 2 is 1.92 bits per heavy atom. The number of nitrogens with one attached hydrogen (secondary N) is 1. The fraction of sp³-hybridized carbons (Fsp3) is 0.842. The lowest BCUT2D eigenvalue weighted by Crippen LogP contribution is -2.50. The van der Waals surface area contributed by atoms with Crippen molar-refractivity contribution in [3.05, 3.63) is 0 Å². The summed E-state index contributed by atoms with van der Waals surface area (Å²) in [7, 11) is 0. The second-order valence-corrected chi connectivity index (χ2v) is 7.33. The molecule has 1 atom stereocenters. The van der Waals surface area contributed by atoms with E-state index in [1.54, 1.807) is 4.90 Å². The van der Waals surface area contributed by atoms with E-state index < -0.39 is 6.04 Å². The number of nitrogens with zero attached hydrogens (tertiary/aromatic N) is 1. The molecule has 1 aliphatic carbocycles. The first-order valence-corrected chi connectivity index (χ1v) is 9.71. The molecule has 1 heterocycles. The molecule has 2 aliphatic rings. The number of rotatable bonds is 7. The number of imide groups is 1. The molecule has 0 aromatic rings. The first-order valence-electron chi connectivity index (χ1n) is 9.71. The van der Waals surface area contributed by atoms with Crippen molar-refractivity contribution in [2.45, 2.75) is 84.1 Å². The number of likely N-dealkylation sites (tertiary alicyclic amines) is 1. The van der Waals surface area contributed by atoms with E-state index in [4.69, 9.17) is 0 Å². The topological polar surface area (TPSA) is 66.5 Å². The molecule has 1 aliphatic heterocycles. The first-order chi connectivity index (χ1) is 11.6. The van der Waals surface area contributed by atoms with Crippen LogP contribution in [0.25, 0.3) is 0 Å². The van der Waals surface area contributed by atoms with Gasteiger partial charge >= 0.3 is 0 Å². The maximum atomic E-state index is 12.4. The van der Waals surface area contributed by atoms with Gasteiger partial charge in [-0.25, -0.2) is 0 Å². The van der Waals surface area contributed by atoms with Crippen molar-refractivity contribution in [3.8, 4) is 0 Å². The lowest BCUT2D eigenvalue weighted by Gasteiger charge is -2.29. The number of amides is 3. The number of hydrogen-bond acceptors (Lipinski definition) is 3. The van der Waals surface area contributed by atoms with Crippen LogP contribution < -0.4 is 5.32 Å². The molecule has 1 N–H and O–H groups in total. The number of unbranched alkanes of at least 4 members (excludes halogenated alkanes) is 1. The molecule has 5 heteroatoms. The van der Waals surface area contributed by atoms with Crippen molar-refractivity contribution >= 4 is 17.7 Å². The van der Waals surface area contributed by atoms with Gasteiger partial charge in [0.15, 0.2) is 0 Å². The van der Waals surface area contributed by atoms with E-state index >= 15 is 0 Å². The zero-order valence-corrected chi connectivity index (χ0v) is 15.2. The third-order valence-electron chi connectivity index (χ3n) is 5.61. The van der Waals surface area contributed by atoms with Gasteiger partial charge in [0, 0.05) is 18.9 Å². The Morgan fingerprint density at radius 3 is 2.46 bits per heavy atom. The molecule has 0 bridgehead atoms. The minimum absolute atomic E-state index is 0.0286. The Hall–Kier alpha value is -1.39. The molecule has 1 saturated carbocycles. The van der Waals surface area contributed by atoms with Crippen LogP contribution in [-0.4, -0.2) is 35.2 Å². The first kappa shape index (κ1) is 18.9. The lowest BCUT2D eigenvalue weighted by atomic mass is 9.79. The summed E-state index contributed by atoms with van der Waals surface area (Å²) >= 11 is 0. The molecule has 0 aromatic heterocycles. The highest BCUT2D eigenvalue weighted by Crippen LogP contribution is 2.32. The Kier molecular flexibility index (Phi) is 7.25. The maximum absolute atomic E-state index is 12.4. The average Bonchev–Trinajstić information content (AvgIpc) is 3.00. The highest BCUT2D eigenvalue weighted by molar-refractivity contribution is 6.00. The molecule has 0 radical (unpaired) electrons. The van der Waals surface area contributed by atoms with Crippen LogP contribution in [0.15, 0.2) is 0 Å². The molecule has 2 rings (SSSR count). The monoisotopic (exact) mass is 336 g/mol. The highest BCUT2D eigenvalue weighted by Gasteiger charge is 2.34. The van der Waals surface area contributed by atoms with Gasteiger partial charge in [0.25, 0.3) is 0 Å². The molecular formula is C19H32N2O3. The minimum atomic E-state index is -0.496. The molecule has 24 heavy (non-hydrogen) atoms. The number of carbonyl (C=O) groups excluding carboxylic acids is 3. The normalized spacial score (nSPS) is 25.6. The van der Waals surface area contributed by atoms with E-state index in [1.165, 1.54) is 19.3 Å². The summed E-state index contributed by atoms with van der Waals surface area (Å²) in [5, 5.41) is 2.58. The number of carbonyl (C=O) groups is 3. The summed E-state index contributed by atoms with van der Waals surface area (Å²) in [6, 6.07) is -0.496. The van der Waals surface area contributed by atoms with Crippen molar-refractivity contribution in [1.82, 2.24) is 10.2 Å². The van der Waals surface area contributed by atoms with Gasteiger partial charge in [0.05, 0.1) is 0 Å². The zero-order chi connectivity index (χ0) is 17.5. The van der Waals surface area contributed by atoms with Crippen molar-refractivity contribution in [1.29, 1.82) is 0 Å². The smallest absolute Gasteiger partial charge is 0.249 e. The second-order valence-electron chi connectivity index (χ2n) is 7.33. The lowest BCUT2D eigenvalue weighted by molar-refractivity contribution is -0.141. The number of hydrogen-bond donors (Lipinski definition) is 1. The van der Waals surface area contributed by atoms with E-state index in [1.807, 2.05) is 6.92 Å². The van der Waals surface area contributed by atoms with E-state index in [9.17, 15) is 14.4 Å². The van der Waals surface area contributed by atoms with Gasteiger partial charge in [-0.3, -0.25) is 19.7 Å². The molecule has 5 nitrogen and oxygen atoms in total. The largest absolute Gasteiger partial charge is 0.331 e. The van der Waals surface area contributed by atoms with E-state index in [-0.39, 0.29) is 23.6 Å². The van der Waals surface area contributed by atoms with Crippen LogP contribution in [0.5, 0.6) is 0 Å². The van der Waals surface area contributed by atoms with Crippen LogP contribution in [0, 0.1) is 11.8 Å². The predicted octanol–water partition coefficient (Wildman–Crippen LogP) is 3.03. The highest BCUT2D eigenvalue weighted by atomic mass is 16.2. The summed E-state index contributed by atoms with van der Waals surface area (Å²) in [6.07, 6.45) is 9.57. The fourth-order valence-corrected chi connectivity index (χ4v) is 4.06. The molecule has 1 saturated heterocycles. The van der Waals surface area contributed by atoms with Gasteiger partial charge in [-0.15, -0.1) is 0 Å². The summed E-state index contributed by atoms with van der Waals surface area (Å²) < 4.78 is 0. The van der Waals surface area contributed by atoms with E-state index in [0.717, 1.165) is 38.0 Å². The van der Waals surface area contributed by atoms with Crippen LogP contribution in [0.1, 0.15) is 78.1 Å². The van der Waals surface area contributed by atoms with Crippen LogP contribution in [0.2, 0.25) is 0 Å². The van der Waals surface area contributed by atoms with Crippen molar-refractivity contribution in [2.24, 2.45) is 11.8 Å². The van der Waals surface area contributed by atoms with Crippen molar-refractivity contribution in [3.63, 3.8) is 0 Å². The van der Waals surface area contributed by atoms with Gasteiger partial charge in [-0.2, -0.15) is 0 Å². The van der Waals surface area contributed by atoms with Crippen molar-refractivity contribution in [2.75, 3.05) is 6.54 Å². The Labute approximate surface area is 145 Å². The van der Waals surface area contributed by atoms with Gasteiger partial charge < -0.3 is 4.90 Å². The Morgan fingerprint density at radius 1 is 1.21 bits per heavy atom. The van der Waals surface area contributed by atoms with Crippen LogP contribution in [0.4, 0.5) is 0 Å². The molecular weight excluding hydrogens is 304 g/mol. The van der Waals surface area contributed by atoms with Crippen LogP contribution >= 0.6 is 0 Å². The average molecular weight is 336 g/mol. The van der Waals surface area contributed by atoms with Gasteiger partial charge in [0.1, 0.15) is 6.04 Å². The third kappa shape index (κ3) is 4.81. The van der Waals surface area contributed by atoms with Crippen molar-refractivity contribution < 1.29 is 14.4 Å². The van der Waals surface area contributed by atoms with Gasteiger partial charge in [-0.05, 0) is 44.4 Å². The SMILES string of the molecule is CCCC[C@H]1CC[C@@H](C(=O)NC(=O)[C@H](CC)N2CCCC2=O)CC1. The molecule has 136 valence electrons. The van der Waals surface area contributed by atoms with Gasteiger partial charge in [0.2, 0.25) is 17.7 Å². The molecule has 0 spiro atoms. The summed E-state index contributed by atoms with van der Waals surface area (Å²) in [5.74, 6) is 0.291. The Bertz CT molecular complexity index is 456. The molecule has 2 fully saturated rings. The maximum Gasteiger partial charge on any atom is 0.249 e. The van der Waals surface area contributed by atoms with Crippen LogP contribution in [0.3, 0.4) is 0 Å². The zero-order valence-electron chi connectivity index (χ0n) is 15.2. The molecule has 3 amide bonds. The molecule has 0 aromatic carbocycles. The second kappa shape index (κ2) is 9.19. The predicted molar refractivity (Wildman–Crippen MR) is 93.1 cm³/mol. The van der Waals surface area contributed by atoms with Crippen LogP contribution in [-0.2, 0) is 14.4 Å². The quantitative estimate of drug-likeness (QED) is 0.777. The van der Waals surface area contributed by atoms with Gasteiger partial charge in [-0.1, -0.05) is 33.1 Å². The summed E-state index contributed by atoms with van der Waals surface area (Å²) in [5.41, 5.74) is 0. The minimum Gasteiger partial charge on any atom is -0.331 e. The fourth-order valence-electron chi connectivity index (χ4n) is 4.06. The molecule has 0 unspecified atom stereocenters. The standard InChI is InChI=1S/C19H32N2O3/c1-3-5-7-14-9-11-15(12-10-14)18(23)20-19(24)16(4-2)21-13-6-8-17(21)22/h14-16H,3-13H2,1-2H3,(H,20,23,24)/t14-,15+,16-/m0/s1. The summed E-state index contributed by atoms with van der Waals surface area (Å²) in [4.78, 5) is 38.3. The Balaban J connectivity index is 1.81. The van der Waals surface area contributed by atoms with E-state index in [0.29, 0.717) is 19.4 Å². The third-order valence-corrected chi connectivity index (χ3v) is 5.61. The van der Waals surface area contributed by atoms with E-state index in [2.05, 4.69) is 12.2 Å².